The van der Waals surface area contributed by atoms with Gasteiger partial charge in [-0.05, 0) is 30.2 Å². The Hall–Kier alpha value is -0.260. The van der Waals surface area contributed by atoms with Crippen molar-refractivity contribution >= 4 is 28.3 Å². The van der Waals surface area contributed by atoms with E-state index in [-0.39, 0.29) is 18.4 Å². The Morgan fingerprint density at radius 2 is 1.88 bits per heavy atom. The molecular formula is C10H12BrClF3N. The van der Waals surface area contributed by atoms with Gasteiger partial charge in [-0.1, -0.05) is 22.9 Å². The summed E-state index contributed by atoms with van der Waals surface area (Å²) >= 11 is 3.05. The van der Waals surface area contributed by atoms with Crippen LogP contribution in [-0.2, 0) is 6.18 Å². The Morgan fingerprint density at radius 3 is 2.31 bits per heavy atom. The first-order valence-electron chi connectivity index (χ1n) is 4.48. The summed E-state index contributed by atoms with van der Waals surface area (Å²) in [7, 11) is 0. The largest absolute Gasteiger partial charge is 0.416 e. The van der Waals surface area contributed by atoms with Gasteiger partial charge in [-0.25, -0.2) is 0 Å². The van der Waals surface area contributed by atoms with Gasteiger partial charge in [0, 0.05) is 10.5 Å². The molecule has 1 aromatic rings. The summed E-state index contributed by atoms with van der Waals surface area (Å²) in [5, 5.41) is 0. The third-order valence-electron chi connectivity index (χ3n) is 2.12. The summed E-state index contributed by atoms with van der Waals surface area (Å²) in [5.74, 6) is 0. The minimum atomic E-state index is -4.33. The standard InChI is InChI=1S/C10H11BrF3N.ClH/c1-2-9(15)6-3-7(10(12,13)14)5-8(11)4-6;/h3-5,9H,2,15H2,1H3;1H/t9-;/m1./s1. The minimum absolute atomic E-state index is 0. The predicted octanol–water partition coefficient (Wildman–Crippen LogP) is 4.30. The average Bonchev–Trinajstić information content (AvgIpc) is 2.14. The lowest BCUT2D eigenvalue weighted by Gasteiger charge is -2.13. The van der Waals surface area contributed by atoms with E-state index in [4.69, 9.17) is 5.73 Å². The molecule has 0 aromatic heterocycles. The highest BCUT2D eigenvalue weighted by atomic mass is 79.9. The normalized spacial score (nSPS) is 13.1. The first-order valence-corrected chi connectivity index (χ1v) is 5.27. The van der Waals surface area contributed by atoms with Crippen molar-refractivity contribution in [3.05, 3.63) is 33.8 Å². The van der Waals surface area contributed by atoms with Gasteiger partial charge < -0.3 is 5.73 Å². The van der Waals surface area contributed by atoms with Gasteiger partial charge in [-0.3, -0.25) is 0 Å². The summed E-state index contributed by atoms with van der Waals surface area (Å²) in [5.41, 5.74) is 5.52. The molecular weight excluding hydrogens is 306 g/mol. The third kappa shape index (κ3) is 3.96. The van der Waals surface area contributed by atoms with Crippen LogP contribution in [0.4, 0.5) is 13.2 Å². The summed E-state index contributed by atoms with van der Waals surface area (Å²) in [4.78, 5) is 0. The van der Waals surface area contributed by atoms with Crippen molar-refractivity contribution in [1.29, 1.82) is 0 Å². The molecule has 1 aromatic carbocycles. The molecule has 0 unspecified atom stereocenters. The second kappa shape index (κ2) is 5.89. The first-order chi connectivity index (χ1) is 6.84. The van der Waals surface area contributed by atoms with Crippen molar-refractivity contribution in [1.82, 2.24) is 0 Å². The average molecular weight is 319 g/mol. The SMILES string of the molecule is CC[C@@H](N)c1cc(Br)cc(C(F)(F)F)c1.Cl. The fourth-order valence-electron chi connectivity index (χ4n) is 1.23. The van der Waals surface area contributed by atoms with Crippen molar-refractivity contribution in [2.45, 2.75) is 25.6 Å². The minimum Gasteiger partial charge on any atom is -0.324 e. The second-order valence-corrected chi connectivity index (χ2v) is 4.20. The molecule has 0 heterocycles. The van der Waals surface area contributed by atoms with E-state index in [9.17, 15) is 13.2 Å². The van der Waals surface area contributed by atoms with Gasteiger partial charge in [0.2, 0.25) is 0 Å². The zero-order valence-electron chi connectivity index (χ0n) is 8.51. The van der Waals surface area contributed by atoms with Gasteiger partial charge in [0.15, 0.2) is 0 Å². The number of rotatable bonds is 2. The van der Waals surface area contributed by atoms with Crippen LogP contribution in [0.5, 0.6) is 0 Å². The number of benzene rings is 1. The fraction of sp³-hybridized carbons (Fsp3) is 0.400. The molecule has 6 heteroatoms. The molecule has 0 amide bonds. The zero-order valence-corrected chi connectivity index (χ0v) is 10.9. The van der Waals surface area contributed by atoms with Crippen LogP contribution in [0.15, 0.2) is 22.7 Å². The summed E-state index contributed by atoms with van der Waals surface area (Å²) in [6.07, 6.45) is -3.72. The van der Waals surface area contributed by atoms with E-state index in [1.165, 1.54) is 0 Å². The van der Waals surface area contributed by atoms with Crippen molar-refractivity contribution < 1.29 is 13.2 Å². The van der Waals surface area contributed by atoms with Crippen molar-refractivity contribution in [2.75, 3.05) is 0 Å². The Bertz CT molecular complexity index is 354. The molecule has 0 fully saturated rings. The topological polar surface area (TPSA) is 26.0 Å². The number of nitrogens with two attached hydrogens (primary N) is 1. The van der Waals surface area contributed by atoms with Crippen molar-refractivity contribution in [3.8, 4) is 0 Å². The molecule has 92 valence electrons. The smallest absolute Gasteiger partial charge is 0.324 e. The van der Waals surface area contributed by atoms with Crippen LogP contribution in [-0.4, -0.2) is 0 Å². The van der Waals surface area contributed by atoms with Crippen LogP contribution >= 0.6 is 28.3 Å². The van der Waals surface area contributed by atoms with Crippen LogP contribution in [0.2, 0.25) is 0 Å². The second-order valence-electron chi connectivity index (χ2n) is 3.29. The lowest BCUT2D eigenvalue weighted by molar-refractivity contribution is -0.137. The maximum Gasteiger partial charge on any atom is 0.416 e. The molecule has 2 N–H and O–H groups in total. The van der Waals surface area contributed by atoms with Gasteiger partial charge >= 0.3 is 6.18 Å². The van der Waals surface area contributed by atoms with E-state index in [2.05, 4.69) is 15.9 Å². The number of halogens is 5. The molecule has 0 aliphatic rings. The van der Waals surface area contributed by atoms with E-state index in [1.807, 2.05) is 6.92 Å². The Kier molecular flexibility index (Phi) is 5.79. The van der Waals surface area contributed by atoms with Crippen LogP contribution in [0.25, 0.3) is 0 Å². The van der Waals surface area contributed by atoms with Gasteiger partial charge in [0.05, 0.1) is 5.56 Å². The Morgan fingerprint density at radius 1 is 1.31 bits per heavy atom. The first kappa shape index (κ1) is 15.7. The Labute approximate surface area is 107 Å². The van der Waals surface area contributed by atoms with Crippen LogP contribution in [0.1, 0.15) is 30.5 Å². The van der Waals surface area contributed by atoms with E-state index in [0.717, 1.165) is 12.1 Å². The monoisotopic (exact) mass is 317 g/mol. The Balaban J connectivity index is 0.00000225. The molecule has 0 radical (unpaired) electrons. The highest BCUT2D eigenvalue weighted by molar-refractivity contribution is 9.10. The third-order valence-corrected chi connectivity index (χ3v) is 2.57. The molecule has 16 heavy (non-hydrogen) atoms. The highest BCUT2D eigenvalue weighted by Gasteiger charge is 2.31. The highest BCUT2D eigenvalue weighted by Crippen LogP contribution is 2.33. The van der Waals surface area contributed by atoms with Crippen molar-refractivity contribution in [3.63, 3.8) is 0 Å². The molecule has 0 aliphatic heterocycles. The van der Waals surface area contributed by atoms with Gasteiger partial charge in [0.1, 0.15) is 0 Å². The maximum atomic E-state index is 12.5. The fourth-order valence-corrected chi connectivity index (χ4v) is 1.74. The van der Waals surface area contributed by atoms with Crippen LogP contribution in [0.3, 0.4) is 0 Å². The summed E-state index contributed by atoms with van der Waals surface area (Å²) in [6.45, 7) is 1.83. The van der Waals surface area contributed by atoms with Gasteiger partial charge in [-0.15, -0.1) is 12.4 Å². The molecule has 0 saturated heterocycles. The van der Waals surface area contributed by atoms with Crippen molar-refractivity contribution in [2.24, 2.45) is 5.73 Å². The summed E-state index contributed by atoms with van der Waals surface area (Å²) in [6, 6.07) is 3.40. The van der Waals surface area contributed by atoms with Crippen LogP contribution < -0.4 is 5.73 Å². The molecule has 0 bridgehead atoms. The molecule has 0 aliphatic carbocycles. The number of alkyl halides is 3. The number of hydrogen-bond acceptors (Lipinski definition) is 1. The molecule has 0 saturated carbocycles. The predicted molar refractivity (Wildman–Crippen MR) is 63.6 cm³/mol. The van der Waals surface area contributed by atoms with E-state index in [1.54, 1.807) is 6.07 Å². The van der Waals surface area contributed by atoms with E-state index >= 15 is 0 Å². The molecule has 1 rings (SSSR count). The molecule has 1 nitrogen and oxygen atoms in total. The van der Waals surface area contributed by atoms with Gasteiger partial charge in [0.25, 0.3) is 0 Å². The van der Waals surface area contributed by atoms with E-state index < -0.39 is 11.7 Å². The zero-order chi connectivity index (χ0) is 11.6. The summed E-state index contributed by atoms with van der Waals surface area (Å²) < 4.78 is 37.8. The lowest BCUT2D eigenvalue weighted by atomic mass is 10.0. The molecule has 1 atom stereocenters. The van der Waals surface area contributed by atoms with Crippen LogP contribution in [0, 0.1) is 0 Å². The molecule has 0 spiro atoms. The maximum absolute atomic E-state index is 12.5. The number of hydrogen-bond donors (Lipinski definition) is 1. The quantitative estimate of drug-likeness (QED) is 0.864. The van der Waals surface area contributed by atoms with E-state index in [0.29, 0.717) is 16.5 Å². The van der Waals surface area contributed by atoms with Gasteiger partial charge in [-0.2, -0.15) is 13.2 Å². The lowest BCUT2D eigenvalue weighted by Crippen LogP contribution is -2.11.